The van der Waals surface area contributed by atoms with Crippen molar-refractivity contribution in [3.05, 3.63) is 37.0 Å². The van der Waals surface area contributed by atoms with E-state index in [1.165, 1.54) is 0 Å². The predicted octanol–water partition coefficient (Wildman–Crippen LogP) is 1.56. The third-order valence-electron chi connectivity index (χ3n) is 1.86. The summed E-state index contributed by atoms with van der Waals surface area (Å²) in [6.07, 6.45) is 7.20. The van der Waals surface area contributed by atoms with Crippen molar-refractivity contribution < 1.29 is 4.79 Å². The van der Waals surface area contributed by atoms with Crippen molar-refractivity contribution >= 4 is 5.91 Å². The van der Waals surface area contributed by atoms with Gasteiger partial charge >= 0.3 is 0 Å². The summed E-state index contributed by atoms with van der Waals surface area (Å²) < 4.78 is 0. The van der Waals surface area contributed by atoms with Crippen molar-refractivity contribution in [1.82, 2.24) is 5.32 Å². The van der Waals surface area contributed by atoms with Crippen LogP contribution in [0.25, 0.3) is 0 Å². The van der Waals surface area contributed by atoms with Gasteiger partial charge in [-0.15, -0.1) is 6.58 Å². The Hall–Kier alpha value is -1.31. The second kappa shape index (κ2) is 3.90. The quantitative estimate of drug-likeness (QED) is 0.626. The third kappa shape index (κ3) is 1.84. The van der Waals surface area contributed by atoms with Crippen molar-refractivity contribution in [3.63, 3.8) is 0 Å². The van der Waals surface area contributed by atoms with Gasteiger partial charge in [0, 0.05) is 11.6 Å². The molecular formula is C10H13NO. The SMILES string of the molecule is C=CCC[C@H]1C=C(C=C)C(=O)N1. The molecule has 0 bridgehead atoms. The van der Waals surface area contributed by atoms with Crippen molar-refractivity contribution in [3.8, 4) is 0 Å². The van der Waals surface area contributed by atoms with Crippen LogP contribution in [-0.4, -0.2) is 11.9 Å². The van der Waals surface area contributed by atoms with E-state index >= 15 is 0 Å². The zero-order valence-corrected chi connectivity index (χ0v) is 7.05. The smallest absolute Gasteiger partial charge is 0.251 e. The number of allylic oxidation sites excluding steroid dienone is 1. The molecule has 2 heteroatoms. The largest absolute Gasteiger partial charge is 0.346 e. The molecule has 1 aliphatic heterocycles. The second-order valence-electron chi connectivity index (χ2n) is 2.77. The number of hydrogen-bond donors (Lipinski definition) is 1. The number of carbonyl (C=O) groups is 1. The molecule has 0 aromatic heterocycles. The van der Waals surface area contributed by atoms with Crippen LogP contribution in [0, 0.1) is 0 Å². The van der Waals surface area contributed by atoms with Crippen LogP contribution in [0.4, 0.5) is 0 Å². The molecule has 0 unspecified atom stereocenters. The topological polar surface area (TPSA) is 29.1 Å². The highest BCUT2D eigenvalue weighted by molar-refractivity contribution is 5.98. The second-order valence-corrected chi connectivity index (χ2v) is 2.77. The molecular weight excluding hydrogens is 150 g/mol. The average molecular weight is 163 g/mol. The Morgan fingerprint density at radius 2 is 2.33 bits per heavy atom. The van der Waals surface area contributed by atoms with Crippen LogP contribution in [0.2, 0.25) is 0 Å². The highest BCUT2D eigenvalue weighted by atomic mass is 16.1. The van der Waals surface area contributed by atoms with Gasteiger partial charge in [0.15, 0.2) is 0 Å². The van der Waals surface area contributed by atoms with E-state index in [1.807, 2.05) is 12.2 Å². The first-order valence-electron chi connectivity index (χ1n) is 4.04. The molecule has 0 saturated heterocycles. The Balaban J connectivity index is 2.51. The van der Waals surface area contributed by atoms with E-state index < -0.39 is 0 Å². The summed E-state index contributed by atoms with van der Waals surface area (Å²) in [6, 6.07) is 0.170. The molecule has 2 nitrogen and oxygen atoms in total. The van der Waals surface area contributed by atoms with Gasteiger partial charge < -0.3 is 5.32 Å². The van der Waals surface area contributed by atoms with Crippen molar-refractivity contribution in [2.24, 2.45) is 0 Å². The molecule has 0 aliphatic carbocycles. The lowest BCUT2D eigenvalue weighted by atomic mass is 10.1. The first-order chi connectivity index (χ1) is 5.77. The normalized spacial score (nSPS) is 21.5. The van der Waals surface area contributed by atoms with Gasteiger partial charge in [-0.2, -0.15) is 0 Å². The highest BCUT2D eigenvalue weighted by Gasteiger charge is 2.19. The van der Waals surface area contributed by atoms with Gasteiger partial charge in [0.25, 0.3) is 5.91 Å². The van der Waals surface area contributed by atoms with Crippen molar-refractivity contribution in [2.75, 3.05) is 0 Å². The molecule has 1 rings (SSSR count). The lowest BCUT2D eigenvalue weighted by Gasteiger charge is -2.05. The van der Waals surface area contributed by atoms with Crippen LogP contribution in [0.1, 0.15) is 12.8 Å². The summed E-state index contributed by atoms with van der Waals surface area (Å²) in [7, 11) is 0. The fraction of sp³-hybridized carbons (Fsp3) is 0.300. The standard InChI is InChI=1S/C10H13NO/c1-3-5-6-9-7-8(4-2)10(12)11-9/h3-4,7,9H,1-2,5-6H2,(H,11,12)/t9-/m0/s1. The van der Waals surface area contributed by atoms with E-state index in [1.54, 1.807) is 6.08 Å². The van der Waals surface area contributed by atoms with Gasteiger partial charge in [-0.05, 0) is 18.9 Å². The summed E-state index contributed by atoms with van der Waals surface area (Å²) in [4.78, 5) is 11.1. The summed E-state index contributed by atoms with van der Waals surface area (Å²) in [5.74, 6) is -0.0148. The van der Waals surface area contributed by atoms with E-state index in [9.17, 15) is 4.79 Å². The van der Waals surface area contributed by atoms with E-state index in [-0.39, 0.29) is 11.9 Å². The van der Waals surface area contributed by atoms with Crippen LogP contribution in [0.5, 0.6) is 0 Å². The monoisotopic (exact) mass is 163 g/mol. The van der Waals surface area contributed by atoms with Gasteiger partial charge in [-0.1, -0.05) is 18.7 Å². The van der Waals surface area contributed by atoms with Gasteiger partial charge in [0.05, 0.1) is 0 Å². The predicted molar refractivity (Wildman–Crippen MR) is 49.6 cm³/mol. The Bertz CT molecular complexity index is 240. The molecule has 0 spiro atoms. The molecule has 0 saturated carbocycles. The van der Waals surface area contributed by atoms with E-state index in [4.69, 9.17) is 0 Å². The number of amides is 1. The maximum Gasteiger partial charge on any atom is 0.251 e. The molecule has 12 heavy (non-hydrogen) atoms. The zero-order chi connectivity index (χ0) is 8.97. The maximum absolute atomic E-state index is 11.1. The molecule has 0 fully saturated rings. The van der Waals surface area contributed by atoms with Crippen molar-refractivity contribution in [2.45, 2.75) is 18.9 Å². The summed E-state index contributed by atoms with van der Waals surface area (Å²) >= 11 is 0. The minimum Gasteiger partial charge on any atom is -0.346 e. The van der Waals surface area contributed by atoms with Crippen LogP contribution in [0.3, 0.4) is 0 Å². The van der Waals surface area contributed by atoms with Crippen LogP contribution >= 0.6 is 0 Å². The lowest BCUT2D eigenvalue weighted by molar-refractivity contribution is -0.116. The minimum atomic E-state index is -0.0148. The Labute approximate surface area is 72.7 Å². The molecule has 1 atom stereocenters. The number of hydrogen-bond acceptors (Lipinski definition) is 1. The molecule has 64 valence electrons. The molecule has 1 N–H and O–H groups in total. The number of carbonyl (C=O) groups excluding carboxylic acids is 1. The van der Waals surface area contributed by atoms with Crippen LogP contribution < -0.4 is 5.32 Å². The third-order valence-corrected chi connectivity index (χ3v) is 1.86. The first-order valence-corrected chi connectivity index (χ1v) is 4.04. The first kappa shape index (κ1) is 8.78. The lowest BCUT2D eigenvalue weighted by Crippen LogP contribution is -2.26. The summed E-state index contributed by atoms with van der Waals surface area (Å²) in [5.41, 5.74) is 0.684. The molecule has 0 radical (unpaired) electrons. The van der Waals surface area contributed by atoms with Crippen LogP contribution in [0.15, 0.2) is 37.0 Å². The Morgan fingerprint density at radius 3 is 2.83 bits per heavy atom. The summed E-state index contributed by atoms with van der Waals surface area (Å²) in [6.45, 7) is 7.18. The fourth-order valence-corrected chi connectivity index (χ4v) is 1.20. The van der Waals surface area contributed by atoms with Gasteiger partial charge in [0.1, 0.15) is 0 Å². The van der Waals surface area contributed by atoms with E-state index in [2.05, 4.69) is 18.5 Å². The molecule has 1 amide bonds. The molecule has 1 heterocycles. The molecule has 0 aromatic carbocycles. The Morgan fingerprint density at radius 1 is 1.58 bits per heavy atom. The van der Waals surface area contributed by atoms with E-state index in [0.29, 0.717) is 5.57 Å². The highest BCUT2D eigenvalue weighted by Crippen LogP contribution is 2.11. The summed E-state index contributed by atoms with van der Waals surface area (Å²) in [5, 5.41) is 2.84. The van der Waals surface area contributed by atoms with Gasteiger partial charge in [-0.25, -0.2) is 0 Å². The number of rotatable bonds is 4. The average Bonchev–Trinajstić information content (AvgIpc) is 2.43. The Kier molecular flexibility index (Phi) is 2.86. The fourth-order valence-electron chi connectivity index (χ4n) is 1.20. The molecule has 0 aromatic rings. The van der Waals surface area contributed by atoms with Crippen LogP contribution in [-0.2, 0) is 4.79 Å². The van der Waals surface area contributed by atoms with E-state index in [0.717, 1.165) is 12.8 Å². The van der Waals surface area contributed by atoms with Crippen molar-refractivity contribution in [1.29, 1.82) is 0 Å². The zero-order valence-electron chi connectivity index (χ0n) is 7.05. The maximum atomic E-state index is 11.1. The minimum absolute atomic E-state index is 0.0148. The number of nitrogens with one attached hydrogen (secondary N) is 1. The molecule has 1 aliphatic rings. The van der Waals surface area contributed by atoms with Gasteiger partial charge in [0.2, 0.25) is 0 Å². The van der Waals surface area contributed by atoms with Gasteiger partial charge in [-0.3, -0.25) is 4.79 Å².